The van der Waals surface area contributed by atoms with Crippen molar-refractivity contribution in [3.05, 3.63) is 70.3 Å². The van der Waals surface area contributed by atoms with Gasteiger partial charge in [0.1, 0.15) is 11.4 Å². The van der Waals surface area contributed by atoms with Crippen LogP contribution in [0.2, 0.25) is 5.02 Å². The Labute approximate surface area is 177 Å². The van der Waals surface area contributed by atoms with Gasteiger partial charge < -0.3 is 10.1 Å². The van der Waals surface area contributed by atoms with Crippen LogP contribution in [-0.4, -0.2) is 22.4 Å². The summed E-state index contributed by atoms with van der Waals surface area (Å²) in [7, 11) is 1.57. The van der Waals surface area contributed by atoms with E-state index in [4.69, 9.17) is 16.3 Å². The number of rotatable bonds is 4. The van der Waals surface area contributed by atoms with E-state index in [1.165, 1.54) is 11.3 Å². The van der Waals surface area contributed by atoms with Gasteiger partial charge in [-0.15, -0.1) is 11.3 Å². The van der Waals surface area contributed by atoms with Crippen molar-refractivity contribution in [3.8, 4) is 17.0 Å². The molecule has 0 spiro atoms. The molecule has 2 aromatic carbocycles. The lowest BCUT2D eigenvalue weighted by Gasteiger charge is -2.11. The Morgan fingerprint density at radius 3 is 2.60 bits per heavy atom. The van der Waals surface area contributed by atoms with Crippen LogP contribution in [0.15, 0.2) is 54.0 Å². The molecule has 0 saturated heterocycles. The van der Waals surface area contributed by atoms with Crippen LogP contribution in [0.4, 0.5) is 18.9 Å². The number of imidazole rings is 1. The van der Waals surface area contributed by atoms with Crippen LogP contribution in [0.1, 0.15) is 16.1 Å². The van der Waals surface area contributed by atoms with Gasteiger partial charge >= 0.3 is 6.18 Å². The lowest BCUT2D eigenvalue weighted by Crippen LogP contribution is -2.15. The first-order chi connectivity index (χ1) is 14.3. The van der Waals surface area contributed by atoms with Gasteiger partial charge in [-0.3, -0.25) is 9.20 Å². The molecule has 2 aromatic heterocycles. The summed E-state index contributed by atoms with van der Waals surface area (Å²) in [6, 6.07) is 10.0. The van der Waals surface area contributed by atoms with E-state index in [2.05, 4.69) is 10.3 Å². The van der Waals surface area contributed by atoms with Gasteiger partial charge in [-0.25, -0.2) is 4.98 Å². The number of halogens is 4. The number of aromatic nitrogens is 2. The third kappa shape index (κ3) is 3.86. The molecule has 0 unspecified atom stereocenters. The Kier molecular flexibility index (Phi) is 5.17. The Bertz CT molecular complexity index is 1230. The molecule has 0 aliphatic carbocycles. The van der Waals surface area contributed by atoms with Gasteiger partial charge in [0, 0.05) is 17.1 Å². The van der Waals surface area contributed by atoms with Gasteiger partial charge in [0.2, 0.25) is 0 Å². The normalized spacial score (nSPS) is 11.6. The number of amides is 1. The number of nitrogens with one attached hydrogen (secondary N) is 1. The number of thiazole rings is 1. The molecule has 2 heterocycles. The van der Waals surface area contributed by atoms with Gasteiger partial charge in [0.15, 0.2) is 4.96 Å². The average Bonchev–Trinajstić information content (AvgIpc) is 3.29. The number of nitrogens with zero attached hydrogens (tertiary/aromatic N) is 2. The number of hydrogen-bond donors (Lipinski definition) is 1. The summed E-state index contributed by atoms with van der Waals surface area (Å²) >= 11 is 7.21. The molecule has 30 heavy (non-hydrogen) atoms. The molecule has 4 aromatic rings. The second-order valence-electron chi connectivity index (χ2n) is 6.27. The first-order valence-corrected chi connectivity index (χ1v) is 9.81. The molecule has 0 saturated carbocycles. The lowest BCUT2D eigenvalue weighted by molar-refractivity contribution is -0.137. The van der Waals surface area contributed by atoms with E-state index in [1.54, 1.807) is 35.2 Å². The van der Waals surface area contributed by atoms with Crippen molar-refractivity contribution in [2.24, 2.45) is 0 Å². The maximum Gasteiger partial charge on any atom is 0.416 e. The van der Waals surface area contributed by atoms with Crippen LogP contribution in [0.3, 0.4) is 0 Å². The molecule has 1 N–H and O–H groups in total. The van der Waals surface area contributed by atoms with Crippen LogP contribution >= 0.6 is 22.9 Å². The van der Waals surface area contributed by atoms with Crippen molar-refractivity contribution < 1.29 is 22.7 Å². The summed E-state index contributed by atoms with van der Waals surface area (Å²) in [4.78, 5) is 17.8. The van der Waals surface area contributed by atoms with Crippen molar-refractivity contribution in [2.75, 3.05) is 12.4 Å². The zero-order valence-corrected chi connectivity index (χ0v) is 16.9. The maximum absolute atomic E-state index is 13.0. The second kappa shape index (κ2) is 7.66. The Hall–Kier alpha value is -3.04. The number of methoxy groups -OCH3 is 1. The van der Waals surface area contributed by atoms with Gasteiger partial charge in [0.05, 0.1) is 29.1 Å². The highest BCUT2D eigenvalue weighted by Crippen LogP contribution is 2.34. The fraction of sp³-hybridized carbons (Fsp3) is 0.100. The first-order valence-electron chi connectivity index (χ1n) is 8.55. The van der Waals surface area contributed by atoms with Crippen LogP contribution < -0.4 is 10.1 Å². The van der Waals surface area contributed by atoms with Gasteiger partial charge in [-0.2, -0.15) is 13.2 Å². The SMILES string of the molecule is COc1ccc(-c2cn3c(C(=O)Nc4cc(C(F)(F)F)ccc4Cl)csc3n2)cc1. The van der Waals surface area contributed by atoms with Crippen molar-refractivity contribution in [2.45, 2.75) is 6.18 Å². The first kappa shape index (κ1) is 20.2. The molecule has 0 atom stereocenters. The summed E-state index contributed by atoms with van der Waals surface area (Å²) < 4.78 is 45.6. The molecule has 0 aliphatic rings. The minimum absolute atomic E-state index is 0.00683. The highest BCUT2D eigenvalue weighted by molar-refractivity contribution is 7.15. The van der Waals surface area contributed by atoms with Gasteiger partial charge in [-0.1, -0.05) is 11.6 Å². The predicted octanol–water partition coefficient (Wildman–Crippen LogP) is 6.00. The topological polar surface area (TPSA) is 55.6 Å². The summed E-state index contributed by atoms with van der Waals surface area (Å²) in [5.41, 5.74) is 0.693. The molecule has 154 valence electrons. The van der Waals surface area contributed by atoms with Crippen molar-refractivity contribution in [3.63, 3.8) is 0 Å². The number of alkyl halides is 3. The van der Waals surface area contributed by atoms with E-state index in [1.807, 2.05) is 12.1 Å². The molecule has 0 fully saturated rings. The van der Waals surface area contributed by atoms with Crippen molar-refractivity contribution >= 4 is 39.5 Å². The lowest BCUT2D eigenvalue weighted by atomic mass is 10.2. The Morgan fingerprint density at radius 1 is 1.20 bits per heavy atom. The fourth-order valence-electron chi connectivity index (χ4n) is 2.83. The van der Waals surface area contributed by atoms with E-state index in [0.29, 0.717) is 16.4 Å². The summed E-state index contributed by atoms with van der Waals surface area (Å²) in [5.74, 6) is 0.110. The number of carbonyl (C=O) groups excluding carboxylic acids is 1. The number of anilines is 1. The average molecular weight is 452 g/mol. The summed E-state index contributed by atoms with van der Waals surface area (Å²) in [6.45, 7) is 0. The van der Waals surface area contributed by atoms with Gasteiger partial charge in [-0.05, 0) is 42.5 Å². The quantitative estimate of drug-likeness (QED) is 0.414. The van der Waals surface area contributed by atoms with Crippen LogP contribution in [0.25, 0.3) is 16.2 Å². The highest BCUT2D eigenvalue weighted by Gasteiger charge is 2.31. The van der Waals surface area contributed by atoms with E-state index in [9.17, 15) is 18.0 Å². The Balaban J connectivity index is 1.63. The number of benzene rings is 2. The molecule has 10 heteroatoms. The van der Waals surface area contributed by atoms with E-state index >= 15 is 0 Å². The molecular weight excluding hydrogens is 439 g/mol. The fourth-order valence-corrected chi connectivity index (χ4v) is 3.85. The molecule has 0 aliphatic heterocycles. The highest BCUT2D eigenvalue weighted by atomic mass is 35.5. The number of fused-ring (bicyclic) bond motifs is 1. The zero-order valence-electron chi connectivity index (χ0n) is 15.3. The van der Waals surface area contributed by atoms with Crippen LogP contribution in [0.5, 0.6) is 5.75 Å². The molecular formula is C20H13ClF3N3O2S. The minimum atomic E-state index is -4.54. The van der Waals surface area contributed by atoms with Gasteiger partial charge in [0.25, 0.3) is 5.91 Å². The maximum atomic E-state index is 13.0. The third-order valence-corrected chi connectivity index (χ3v) is 5.54. The van der Waals surface area contributed by atoms with Crippen molar-refractivity contribution in [1.29, 1.82) is 0 Å². The number of ether oxygens (including phenoxy) is 1. The largest absolute Gasteiger partial charge is 0.497 e. The number of carbonyl (C=O) groups is 1. The molecule has 4 rings (SSSR count). The summed E-state index contributed by atoms with van der Waals surface area (Å²) in [5, 5.41) is 4.04. The minimum Gasteiger partial charge on any atom is -0.497 e. The Morgan fingerprint density at radius 2 is 1.93 bits per heavy atom. The number of hydrogen-bond acceptors (Lipinski definition) is 4. The zero-order chi connectivity index (χ0) is 21.5. The second-order valence-corrected chi connectivity index (χ2v) is 7.52. The van der Waals surface area contributed by atoms with Crippen LogP contribution in [-0.2, 0) is 6.18 Å². The van der Waals surface area contributed by atoms with E-state index in [-0.39, 0.29) is 16.4 Å². The van der Waals surface area contributed by atoms with E-state index in [0.717, 1.165) is 23.8 Å². The van der Waals surface area contributed by atoms with Crippen molar-refractivity contribution in [1.82, 2.24) is 9.38 Å². The van der Waals surface area contributed by atoms with E-state index < -0.39 is 17.6 Å². The third-order valence-electron chi connectivity index (χ3n) is 4.37. The molecule has 1 amide bonds. The predicted molar refractivity (Wildman–Crippen MR) is 109 cm³/mol. The monoisotopic (exact) mass is 451 g/mol. The van der Waals surface area contributed by atoms with Crippen LogP contribution in [0, 0.1) is 0 Å². The summed E-state index contributed by atoms with van der Waals surface area (Å²) in [6.07, 6.45) is -2.85. The smallest absolute Gasteiger partial charge is 0.416 e. The standard InChI is InChI=1S/C20H13ClF3N3O2S/c1-29-13-5-2-11(3-6-13)16-9-27-17(10-30-19(27)26-16)18(28)25-15-8-12(20(22,23)24)4-7-14(15)21/h2-10H,1H3,(H,25,28). The molecule has 5 nitrogen and oxygen atoms in total. The molecule has 0 radical (unpaired) electrons. The molecule has 0 bridgehead atoms.